The van der Waals surface area contributed by atoms with E-state index in [1.165, 1.54) is 31.5 Å². The highest BCUT2D eigenvalue weighted by Crippen LogP contribution is 2.47. The maximum absolute atomic E-state index is 5.72. The molecule has 2 aromatic heterocycles. The molecule has 164 valence electrons. The van der Waals surface area contributed by atoms with Crippen molar-refractivity contribution >= 4 is 23.2 Å². The molecule has 3 aromatic rings. The zero-order valence-electron chi connectivity index (χ0n) is 18.6. The molecular weight excluding hydrogens is 412 g/mol. The Hall–Kier alpha value is -2.61. The Labute approximate surface area is 186 Å². The minimum Gasteiger partial charge on any atom is -0.496 e. The smallest absolute Gasteiger partial charge is 0.166 e. The molecule has 0 amide bonds. The van der Waals surface area contributed by atoms with Gasteiger partial charge in [0.1, 0.15) is 33.8 Å². The number of ether oxygens (including phenoxy) is 3. The second-order valence-corrected chi connectivity index (χ2v) is 8.92. The first-order valence-corrected chi connectivity index (χ1v) is 11.8. The number of methoxy groups -OCH3 is 3. The van der Waals surface area contributed by atoms with Gasteiger partial charge in [-0.15, -0.1) is 11.8 Å². The zero-order valence-corrected chi connectivity index (χ0v) is 19.5. The zero-order chi connectivity index (χ0) is 21.7. The standard InChI is InChI=1S/C23H28N4O3S/c1-13-12-24-20(19-17(29-3)10-16(28-2)11-18(19)30-4)21-25-22(31-5)23(26(13)21)27(14-6-7-14)15-8-9-15/h10-12,14-15H,6-9H2,1-5H3. The van der Waals surface area contributed by atoms with Gasteiger partial charge in [0.2, 0.25) is 0 Å². The lowest BCUT2D eigenvalue weighted by Gasteiger charge is -2.25. The van der Waals surface area contributed by atoms with Crippen LogP contribution in [0.2, 0.25) is 0 Å². The molecule has 0 spiro atoms. The van der Waals surface area contributed by atoms with Crippen LogP contribution in [0.5, 0.6) is 17.2 Å². The highest BCUT2D eigenvalue weighted by atomic mass is 32.2. The van der Waals surface area contributed by atoms with Crippen molar-refractivity contribution in [1.29, 1.82) is 0 Å². The second kappa shape index (κ2) is 7.82. The molecule has 1 aromatic carbocycles. The van der Waals surface area contributed by atoms with Gasteiger partial charge in [0.15, 0.2) is 5.65 Å². The Kier molecular flexibility index (Phi) is 5.12. The summed E-state index contributed by atoms with van der Waals surface area (Å²) >= 11 is 1.69. The highest BCUT2D eigenvalue weighted by molar-refractivity contribution is 7.98. The van der Waals surface area contributed by atoms with Gasteiger partial charge in [0, 0.05) is 36.1 Å². The molecule has 0 saturated heterocycles. The van der Waals surface area contributed by atoms with Crippen LogP contribution < -0.4 is 19.1 Å². The van der Waals surface area contributed by atoms with E-state index < -0.39 is 0 Å². The SMILES string of the molecule is COc1cc(OC)c(-c2ncc(C)n3c(N(C4CC4)C4CC4)c(SC)nc23)c(OC)c1. The quantitative estimate of drug-likeness (QED) is 0.475. The fourth-order valence-corrected chi connectivity index (χ4v) is 4.84. The number of hydrogen-bond acceptors (Lipinski definition) is 7. The maximum Gasteiger partial charge on any atom is 0.166 e. The van der Waals surface area contributed by atoms with Crippen LogP contribution in [-0.4, -0.2) is 54.0 Å². The van der Waals surface area contributed by atoms with E-state index in [1.807, 2.05) is 18.3 Å². The van der Waals surface area contributed by atoms with Crippen molar-refractivity contribution in [2.45, 2.75) is 49.7 Å². The van der Waals surface area contributed by atoms with Crippen molar-refractivity contribution in [2.75, 3.05) is 32.5 Å². The van der Waals surface area contributed by atoms with Gasteiger partial charge in [-0.05, 0) is 38.9 Å². The third-order valence-electron chi connectivity index (χ3n) is 6.04. The Balaban J connectivity index is 1.79. The van der Waals surface area contributed by atoms with Crippen LogP contribution in [0.15, 0.2) is 23.4 Å². The Bertz CT molecular complexity index is 1100. The van der Waals surface area contributed by atoms with Crippen LogP contribution in [0.3, 0.4) is 0 Å². The number of benzene rings is 1. The number of aromatic nitrogens is 3. The molecule has 0 radical (unpaired) electrons. The van der Waals surface area contributed by atoms with Crippen molar-refractivity contribution in [3.05, 3.63) is 24.0 Å². The van der Waals surface area contributed by atoms with Gasteiger partial charge in [-0.25, -0.2) is 4.98 Å². The van der Waals surface area contributed by atoms with Crippen molar-refractivity contribution in [3.8, 4) is 28.5 Å². The first kappa shape index (κ1) is 20.3. The highest BCUT2D eigenvalue weighted by Gasteiger charge is 2.42. The third kappa shape index (κ3) is 3.37. The first-order chi connectivity index (χ1) is 15.1. The van der Waals surface area contributed by atoms with Crippen molar-refractivity contribution < 1.29 is 14.2 Å². The Morgan fingerprint density at radius 3 is 2.10 bits per heavy atom. The molecule has 5 rings (SSSR count). The van der Waals surface area contributed by atoms with Crippen LogP contribution >= 0.6 is 11.8 Å². The lowest BCUT2D eigenvalue weighted by atomic mass is 10.1. The monoisotopic (exact) mass is 440 g/mol. The molecule has 0 aliphatic heterocycles. The van der Waals surface area contributed by atoms with Crippen molar-refractivity contribution in [2.24, 2.45) is 0 Å². The molecule has 0 bridgehead atoms. The van der Waals surface area contributed by atoms with Crippen molar-refractivity contribution in [1.82, 2.24) is 14.4 Å². The summed E-state index contributed by atoms with van der Waals surface area (Å²) in [6, 6.07) is 4.96. The topological polar surface area (TPSA) is 61.1 Å². The summed E-state index contributed by atoms with van der Waals surface area (Å²) in [6.07, 6.45) is 9.05. The number of anilines is 1. The van der Waals surface area contributed by atoms with Crippen LogP contribution in [0, 0.1) is 6.92 Å². The molecule has 2 saturated carbocycles. The first-order valence-electron chi connectivity index (χ1n) is 10.6. The van der Waals surface area contributed by atoms with E-state index in [9.17, 15) is 0 Å². The number of imidazole rings is 1. The summed E-state index contributed by atoms with van der Waals surface area (Å²) in [5.41, 5.74) is 3.42. The predicted octanol–water partition coefficient (Wildman–Crippen LogP) is 4.58. The summed E-state index contributed by atoms with van der Waals surface area (Å²) < 4.78 is 19.1. The van der Waals surface area contributed by atoms with Crippen molar-refractivity contribution in [3.63, 3.8) is 0 Å². The van der Waals surface area contributed by atoms with Gasteiger partial charge >= 0.3 is 0 Å². The molecule has 8 heteroatoms. The molecule has 2 fully saturated rings. The maximum atomic E-state index is 5.72. The Morgan fingerprint density at radius 2 is 1.61 bits per heavy atom. The fourth-order valence-electron chi connectivity index (χ4n) is 4.29. The minimum absolute atomic E-state index is 0.624. The number of nitrogens with zero attached hydrogens (tertiary/aromatic N) is 4. The number of fused-ring (bicyclic) bond motifs is 1. The van der Waals surface area contributed by atoms with Gasteiger partial charge < -0.3 is 19.1 Å². The fraction of sp³-hybridized carbons (Fsp3) is 0.478. The van der Waals surface area contributed by atoms with E-state index >= 15 is 0 Å². The lowest BCUT2D eigenvalue weighted by molar-refractivity contribution is 0.377. The molecule has 0 unspecified atom stereocenters. The number of rotatable bonds is 8. The molecule has 2 aliphatic carbocycles. The number of thioether (sulfide) groups is 1. The lowest BCUT2D eigenvalue weighted by Crippen LogP contribution is -2.30. The van der Waals surface area contributed by atoms with Gasteiger partial charge in [-0.2, -0.15) is 0 Å². The summed E-state index contributed by atoms with van der Waals surface area (Å²) in [7, 11) is 4.93. The van der Waals surface area contributed by atoms with E-state index in [4.69, 9.17) is 24.2 Å². The average molecular weight is 441 g/mol. The molecule has 2 heterocycles. The molecular formula is C23H28N4O3S. The molecule has 2 aliphatic rings. The van der Waals surface area contributed by atoms with Crippen LogP contribution in [-0.2, 0) is 0 Å². The van der Waals surface area contributed by atoms with Gasteiger partial charge in [-0.3, -0.25) is 9.38 Å². The summed E-state index contributed by atoms with van der Waals surface area (Å²) in [4.78, 5) is 12.5. The molecule has 0 N–H and O–H groups in total. The average Bonchev–Trinajstić information content (AvgIpc) is 3.72. The Morgan fingerprint density at radius 1 is 1.00 bits per heavy atom. The van der Waals surface area contributed by atoms with Crippen LogP contribution in [0.4, 0.5) is 5.82 Å². The summed E-state index contributed by atoms with van der Waals surface area (Å²) in [5, 5.41) is 1.04. The van der Waals surface area contributed by atoms with E-state index in [1.54, 1.807) is 33.1 Å². The van der Waals surface area contributed by atoms with Gasteiger partial charge in [0.25, 0.3) is 0 Å². The normalized spacial score (nSPS) is 15.9. The minimum atomic E-state index is 0.624. The van der Waals surface area contributed by atoms with Crippen LogP contribution in [0.1, 0.15) is 31.4 Å². The number of aryl methyl sites for hydroxylation is 1. The van der Waals surface area contributed by atoms with E-state index in [-0.39, 0.29) is 0 Å². The molecule has 7 nitrogen and oxygen atoms in total. The summed E-state index contributed by atoms with van der Waals surface area (Å²) in [6.45, 7) is 2.10. The largest absolute Gasteiger partial charge is 0.496 e. The number of hydrogen-bond donors (Lipinski definition) is 0. The summed E-state index contributed by atoms with van der Waals surface area (Å²) in [5.74, 6) is 3.17. The molecule has 0 atom stereocenters. The van der Waals surface area contributed by atoms with Gasteiger partial charge in [0.05, 0.1) is 26.9 Å². The second-order valence-electron chi connectivity index (χ2n) is 8.13. The van der Waals surface area contributed by atoms with Gasteiger partial charge in [-0.1, -0.05) is 0 Å². The van der Waals surface area contributed by atoms with Crippen LogP contribution in [0.25, 0.3) is 16.9 Å². The van der Waals surface area contributed by atoms with E-state index in [0.29, 0.717) is 29.3 Å². The predicted molar refractivity (Wildman–Crippen MR) is 123 cm³/mol. The van der Waals surface area contributed by atoms with E-state index in [0.717, 1.165) is 27.6 Å². The third-order valence-corrected chi connectivity index (χ3v) is 6.70. The molecule has 31 heavy (non-hydrogen) atoms. The van der Waals surface area contributed by atoms with E-state index in [2.05, 4.69) is 22.5 Å².